The van der Waals surface area contributed by atoms with Crippen LogP contribution in [-0.2, 0) is 6.54 Å². The van der Waals surface area contributed by atoms with Crippen LogP contribution in [0.5, 0.6) is 5.75 Å². The summed E-state index contributed by atoms with van der Waals surface area (Å²) >= 11 is 5.90. The van der Waals surface area contributed by atoms with Crippen LogP contribution in [0.2, 0.25) is 5.02 Å². The minimum atomic E-state index is 0.107. The van der Waals surface area contributed by atoms with Gasteiger partial charge >= 0.3 is 0 Å². The van der Waals surface area contributed by atoms with Crippen molar-refractivity contribution in [3.05, 3.63) is 76.8 Å². The van der Waals surface area contributed by atoms with E-state index < -0.39 is 0 Å². The highest BCUT2D eigenvalue weighted by molar-refractivity contribution is 6.30. The lowest BCUT2D eigenvalue weighted by Gasteiger charge is -2.14. The topological polar surface area (TPSA) is 33.6 Å². The molecule has 4 heteroatoms. The van der Waals surface area contributed by atoms with Crippen LogP contribution in [0, 0.1) is 0 Å². The molecule has 0 aliphatic carbocycles. The van der Waals surface area contributed by atoms with Crippen LogP contribution in [0.4, 0.5) is 0 Å². The molecule has 1 N–H and O–H groups in total. The van der Waals surface area contributed by atoms with E-state index in [1.54, 1.807) is 0 Å². The van der Waals surface area contributed by atoms with Crippen LogP contribution in [0.1, 0.15) is 25.0 Å². The highest BCUT2D eigenvalue weighted by atomic mass is 35.5. The van der Waals surface area contributed by atoms with Gasteiger partial charge in [0.2, 0.25) is 0 Å². The Morgan fingerprint density at radius 1 is 1.04 bits per heavy atom. The molecule has 0 aromatic heterocycles. The van der Waals surface area contributed by atoms with Gasteiger partial charge in [0, 0.05) is 10.6 Å². The Balaban J connectivity index is 1.81. The molecule has 0 radical (unpaired) electrons. The third-order valence-electron chi connectivity index (χ3n) is 3.77. The van der Waals surface area contributed by atoms with E-state index in [1.165, 1.54) is 0 Å². The van der Waals surface area contributed by atoms with E-state index >= 15 is 0 Å². The standard InChI is InChI=1S/C21H21ClN2O/c1-15(2)25-21-12-9-17-5-3-4-6-19(17)20(21)14-24-23-13-16-7-10-18(22)11-8-16/h3-12,14-15,23H,13H2,1-2H3/b24-14-. The van der Waals surface area contributed by atoms with Crippen molar-refractivity contribution in [1.82, 2.24) is 5.43 Å². The van der Waals surface area contributed by atoms with Crippen LogP contribution >= 0.6 is 11.6 Å². The molecule has 0 atom stereocenters. The number of hydrazone groups is 1. The predicted octanol–water partition coefficient (Wildman–Crippen LogP) is 5.40. The smallest absolute Gasteiger partial charge is 0.129 e. The number of fused-ring (bicyclic) bond motifs is 1. The predicted molar refractivity (Wildman–Crippen MR) is 106 cm³/mol. The molecular formula is C21H21ClN2O. The number of hydrogen-bond donors (Lipinski definition) is 1. The van der Waals surface area contributed by atoms with E-state index in [-0.39, 0.29) is 6.10 Å². The fourth-order valence-corrected chi connectivity index (χ4v) is 2.74. The maximum absolute atomic E-state index is 5.95. The van der Waals surface area contributed by atoms with E-state index in [0.717, 1.165) is 32.7 Å². The van der Waals surface area contributed by atoms with E-state index in [1.807, 2.05) is 62.5 Å². The Morgan fingerprint density at radius 2 is 1.80 bits per heavy atom. The Kier molecular flexibility index (Phi) is 5.56. The summed E-state index contributed by atoms with van der Waals surface area (Å²) in [6.45, 7) is 4.68. The first-order valence-corrected chi connectivity index (χ1v) is 8.70. The molecule has 0 saturated carbocycles. The van der Waals surface area contributed by atoms with E-state index in [9.17, 15) is 0 Å². The first kappa shape index (κ1) is 17.3. The van der Waals surface area contributed by atoms with Crippen molar-refractivity contribution < 1.29 is 4.74 Å². The van der Waals surface area contributed by atoms with Gasteiger partial charge in [-0.05, 0) is 48.4 Å². The summed E-state index contributed by atoms with van der Waals surface area (Å²) in [4.78, 5) is 0. The number of hydrogen-bond acceptors (Lipinski definition) is 3. The minimum Gasteiger partial charge on any atom is -0.490 e. The Labute approximate surface area is 153 Å². The molecule has 0 spiro atoms. The zero-order valence-corrected chi connectivity index (χ0v) is 15.1. The number of ether oxygens (including phenoxy) is 1. The average Bonchev–Trinajstić information content (AvgIpc) is 2.61. The summed E-state index contributed by atoms with van der Waals surface area (Å²) in [5.41, 5.74) is 5.19. The Hall–Kier alpha value is -2.52. The van der Waals surface area contributed by atoms with E-state index in [2.05, 4.69) is 28.7 Å². The van der Waals surface area contributed by atoms with Crippen LogP contribution in [0.15, 0.2) is 65.8 Å². The Bertz CT molecular complexity index is 873. The first-order chi connectivity index (χ1) is 12.1. The van der Waals surface area contributed by atoms with Gasteiger partial charge < -0.3 is 10.2 Å². The quantitative estimate of drug-likeness (QED) is 0.475. The average molecular weight is 353 g/mol. The number of nitrogens with zero attached hydrogens (tertiary/aromatic N) is 1. The molecule has 3 aromatic rings. The molecular weight excluding hydrogens is 332 g/mol. The van der Waals surface area contributed by atoms with E-state index in [4.69, 9.17) is 16.3 Å². The minimum absolute atomic E-state index is 0.107. The summed E-state index contributed by atoms with van der Waals surface area (Å²) in [6, 6.07) is 20.0. The van der Waals surface area contributed by atoms with Gasteiger partial charge in [-0.2, -0.15) is 5.10 Å². The molecule has 0 amide bonds. The van der Waals surface area contributed by atoms with Crippen molar-refractivity contribution in [3.63, 3.8) is 0 Å². The highest BCUT2D eigenvalue weighted by Crippen LogP contribution is 2.27. The Morgan fingerprint density at radius 3 is 2.56 bits per heavy atom. The number of benzene rings is 3. The number of nitrogens with one attached hydrogen (secondary N) is 1. The molecule has 0 heterocycles. The second-order valence-corrected chi connectivity index (χ2v) is 6.52. The molecule has 0 aliphatic heterocycles. The van der Waals surface area contributed by atoms with Crippen molar-refractivity contribution in [3.8, 4) is 5.75 Å². The van der Waals surface area contributed by atoms with Crippen LogP contribution in [0.25, 0.3) is 10.8 Å². The monoisotopic (exact) mass is 352 g/mol. The molecule has 3 rings (SSSR count). The lowest BCUT2D eigenvalue weighted by molar-refractivity contribution is 0.242. The maximum atomic E-state index is 5.95. The normalized spacial score (nSPS) is 11.4. The molecule has 3 nitrogen and oxygen atoms in total. The summed E-state index contributed by atoms with van der Waals surface area (Å²) in [6.07, 6.45) is 1.94. The highest BCUT2D eigenvalue weighted by Gasteiger charge is 2.08. The largest absolute Gasteiger partial charge is 0.490 e. The zero-order chi connectivity index (χ0) is 17.6. The summed E-state index contributed by atoms with van der Waals surface area (Å²) < 4.78 is 5.95. The molecule has 0 bridgehead atoms. The van der Waals surface area contributed by atoms with Crippen molar-refractivity contribution in [1.29, 1.82) is 0 Å². The molecule has 25 heavy (non-hydrogen) atoms. The fraction of sp³-hybridized carbons (Fsp3) is 0.190. The fourth-order valence-electron chi connectivity index (χ4n) is 2.61. The molecule has 0 saturated heterocycles. The van der Waals surface area contributed by atoms with Gasteiger partial charge in [0.1, 0.15) is 5.75 Å². The van der Waals surface area contributed by atoms with Crippen LogP contribution < -0.4 is 10.2 Å². The van der Waals surface area contributed by atoms with Gasteiger partial charge in [-0.1, -0.05) is 54.1 Å². The first-order valence-electron chi connectivity index (χ1n) is 8.32. The SMILES string of the molecule is CC(C)Oc1ccc2ccccc2c1/C=N\NCc1ccc(Cl)cc1. The third kappa shape index (κ3) is 4.52. The molecule has 3 aromatic carbocycles. The number of halogens is 1. The van der Waals surface area contributed by atoms with Crippen molar-refractivity contribution in [2.24, 2.45) is 5.10 Å². The second kappa shape index (κ2) is 8.04. The maximum Gasteiger partial charge on any atom is 0.129 e. The lowest BCUT2D eigenvalue weighted by Crippen LogP contribution is -2.09. The van der Waals surface area contributed by atoms with Crippen molar-refractivity contribution in [2.75, 3.05) is 0 Å². The molecule has 0 unspecified atom stereocenters. The van der Waals surface area contributed by atoms with Crippen molar-refractivity contribution >= 4 is 28.6 Å². The van der Waals surface area contributed by atoms with Gasteiger partial charge in [-0.25, -0.2) is 0 Å². The molecule has 0 aliphatic rings. The third-order valence-corrected chi connectivity index (χ3v) is 4.03. The summed E-state index contributed by atoms with van der Waals surface area (Å²) in [5.74, 6) is 0.839. The van der Waals surface area contributed by atoms with Gasteiger partial charge in [0.05, 0.1) is 18.9 Å². The molecule has 0 fully saturated rings. The summed E-state index contributed by atoms with van der Waals surface area (Å²) in [7, 11) is 0. The van der Waals surface area contributed by atoms with Crippen LogP contribution in [-0.4, -0.2) is 12.3 Å². The number of rotatable bonds is 6. The van der Waals surface area contributed by atoms with Gasteiger partial charge in [0.25, 0.3) is 0 Å². The van der Waals surface area contributed by atoms with Gasteiger partial charge in [0.15, 0.2) is 0 Å². The lowest BCUT2D eigenvalue weighted by atomic mass is 10.0. The van der Waals surface area contributed by atoms with Gasteiger partial charge in [-0.3, -0.25) is 0 Å². The summed E-state index contributed by atoms with van der Waals surface area (Å²) in [5, 5.41) is 7.41. The molecule has 128 valence electrons. The zero-order valence-electron chi connectivity index (χ0n) is 14.4. The van der Waals surface area contributed by atoms with Crippen LogP contribution in [0.3, 0.4) is 0 Å². The van der Waals surface area contributed by atoms with Crippen molar-refractivity contribution in [2.45, 2.75) is 26.5 Å². The second-order valence-electron chi connectivity index (χ2n) is 6.08. The van der Waals surface area contributed by atoms with Gasteiger partial charge in [-0.15, -0.1) is 0 Å². The van der Waals surface area contributed by atoms with E-state index in [0.29, 0.717) is 6.54 Å².